The summed E-state index contributed by atoms with van der Waals surface area (Å²) >= 11 is 3.17. The van der Waals surface area contributed by atoms with Crippen molar-refractivity contribution in [2.45, 2.75) is 6.04 Å². The van der Waals surface area contributed by atoms with Gasteiger partial charge in [0.15, 0.2) is 16.3 Å². The summed E-state index contributed by atoms with van der Waals surface area (Å²) in [4.78, 5) is 0. The average Bonchev–Trinajstić information content (AvgIpc) is 2.72. The molecular formula is C12H10BrF2NO. The molecule has 1 aromatic heterocycles. The van der Waals surface area contributed by atoms with Crippen LogP contribution in [-0.4, -0.2) is 7.05 Å². The van der Waals surface area contributed by atoms with Crippen molar-refractivity contribution in [3.05, 3.63) is 58.0 Å². The molecule has 1 N–H and O–H groups in total. The molecule has 5 heteroatoms. The molecule has 0 saturated heterocycles. The minimum Gasteiger partial charge on any atom is -0.452 e. The van der Waals surface area contributed by atoms with Crippen LogP contribution in [0.25, 0.3) is 0 Å². The normalized spacial score (nSPS) is 12.7. The van der Waals surface area contributed by atoms with Gasteiger partial charge in [-0.15, -0.1) is 0 Å². The molecule has 1 unspecified atom stereocenters. The summed E-state index contributed by atoms with van der Waals surface area (Å²) in [5, 5.41) is 2.89. The van der Waals surface area contributed by atoms with Gasteiger partial charge >= 0.3 is 0 Å². The number of hydrogen-bond acceptors (Lipinski definition) is 2. The number of hydrogen-bond donors (Lipinski definition) is 1. The Bertz CT molecular complexity index is 527. The fourth-order valence-corrected chi connectivity index (χ4v) is 2.00. The number of nitrogens with one attached hydrogen (secondary N) is 1. The summed E-state index contributed by atoms with van der Waals surface area (Å²) in [5.41, 5.74) is 0.217. The third-order valence-corrected chi connectivity index (χ3v) is 2.89. The molecule has 90 valence electrons. The van der Waals surface area contributed by atoms with E-state index < -0.39 is 17.7 Å². The third kappa shape index (κ3) is 2.40. The summed E-state index contributed by atoms with van der Waals surface area (Å²) in [7, 11) is 1.66. The van der Waals surface area contributed by atoms with Crippen LogP contribution >= 0.6 is 15.9 Å². The van der Waals surface area contributed by atoms with Crippen molar-refractivity contribution < 1.29 is 13.2 Å². The Morgan fingerprint density at radius 3 is 2.59 bits per heavy atom. The first-order chi connectivity index (χ1) is 8.13. The zero-order valence-electron chi connectivity index (χ0n) is 9.01. The van der Waals surface area contributed by atoms with Crippen molar-refractivity contribution in [3.63, 3.8) is 0 Å². The molecule has 0 saturated carbocycles. The number of halogens is 3. The van der Waals surface area contributed by atoms with E-state index in [-0.39, 0.29) is 5.56 Å². The quantitative estimate of drug-likeness (QED) is 0.936. The van der Waals surface area contributed by atoms with Crippen LogP contribution in [0.5, 0.6) is 0 Å². The van der Waals surface area contributed by atoms with Crippen LogP contribution in [0, 0.1) is 11.6 Å². The van der Waals surface area contributed by atoms with Gasteiger partial charge < -0.3 is 9.73 Å². The van der Waals surface area contributed by atoms with E-state index in [1.807, 2.05) is 0 Å². The Kier molecular flexibility index (Phi) is 3.59. The molecule has 1 aromatic carbocycles. The van der Waals surface area contributed by atoms with Gasteiger partial charge in [-0.25, -0.2) is 8.78 Å². The van der Waals surface area contributed by atoms with Gasteiger partial charge in [0.05, 0.1) is 6.04 Å². The zero-order valence-corrected chi connectivity index (χ0v) is 10.6. The lowest BCUT2D eigenvalue weighted by Gasteiger charge is -2.15. The topological polar surface area (TPSA) is 25.2 Å². The zero-order chi connectivity index (χ0) is 12.4. The summed E-state index contributed by atoms with van der Waals surface area (Å²) in [6, 6.07) is 6.97. The van der Waals surface area contributed by atoms with E-state index in [0.29, 0.717) is 10.4 Å². The first kappa shape index (κ1) is 12.3. The molecule has 1 heterocycles. The fourth-order valence-electron chi connectivity index (χ4n) is 1.68. The lowest BCUT2D eigenvalue weighted by molar-refractivity contribution is 0.429. The molecular weight excluding hydrogens is 292 g/mol. The summed E-state index contributed by atoms with van der Waals surface area (Å²) < 4.78 is 32.7. The van der Waals surface area contributed by atoms with E-state index in [0.717, 1.165) is 6.07 Å². The van der Waals surface area contributed by atoms with Crippen molar-refractivity contribution in [2.75, 3.05) is 7.05 Å². The maximum Gasteiger partial charge on any atom is 0.169 e. The lowest BCUT2D eigenvalue weighted by Crippen LogP contribution is -2.18. The molecule has 1 atom stereocenters. The second-order valence-electron chi connectivity index (χ2n) is 3.51. The highest BCUT2D eigenvalue weighted by molar-refractivity contribution is 9.10. The molecule has 2 nitrogen and oxygen atoms in total. The molecule has 0 aliphatic carbocycles. The SMILES string of the molecule is CNC(c1ccc(Br)o1)c1cccc(F)c1F. The first-order valence-electron chi connectivity index (χ1n) is 5.00. The number of furan rings is 1. The Morgan fingerprint density at radius 2 is 2.00 bits per heavy atom. The lowest BCUT2D eigenvalue weighted by atomic mass is 10.0. The van der Waals surface area contributed by atoms with Crippen molar-refractivity contribution in [1.29, 1.82) is 0 Å². The Hall–Kier alpha value is -1.20. The van der Waals surface area contributed by atoms with E-state index in [1.165, 1.54) is 12.1 Å². The van der Waals surface area contributed by atoms with Gasteiger partial charge in [-0.1, -0.05) is 12.1 Å². The third-order valence-electron chi connectivity index (χ3n) is 2.46. The van der Waals surface area contributed by atoms with E-state index in [9.17, 15) is 8.78 Å². The minimum absolute atomic E-state index is 0.217. The van der Waals surface area contributed by atoms with Gasteiger partial charge in [0.1, 0.15) is 5.76 Å². The molecule has 0 spiro atoms. The summed E-state index contributed by atoms with van der Waals surface area (Å²) in [6.07, 6.45) is 0. The van der Waals surface area contributed by atoms with Crippen LogP contribution < -0.4 is 5.32 Å². The van der Waals surface area contributed by atoms with Crippen LogP contribution in [0.15, 0.2) is 39.4 Å². The maximum atomic E-state index is 13.7. The van der Waals surface area contributed by atoms with Crippen LogP contribution in [-0.2, 0) is 0 Å². The predicted octanol–water partition coefficient (Wildman–Crippen LogP) is 3.63. The van der Waals surface area contributed by atoms with Gasteiger partial charge in [0, 0.05) is 5.56 Å². The van der Waals surface area contributed by atoms with E-state index in [2.05, 4.69) is 21.2 Å². The fraction of sp³-hybridized carbons (Fsp3) is 0.167. The molecule has 0 bridgehead atoms. The van der Waals surface area contributed by atoms with E-state index in [1.54, 1.807) is 19.2 Å². The number of benzene rings is 1. The predicted molar refractivity (Wildman–Crippen MR) is 63.7 cm³/mol. The second kappa shape index (κ2) is 4.98. The number of rotatable bonds is 3. The second-order valence-corrected chi connectivity index (χ2v) is 4.29. The van der Waals surface area contributed by atoms with Crippen LogP contribution in [0.3, 0.4) is 0 Å². The van der Waals surface area contributed by atoms with E-state index >= 15 is 0 Å². The molecule has 2 aromatic rings. The highest BCUT2D eigenvalue weighted by atomic mass is 79.9. The molecule has 0 aliphatic heterocycles. The monoisotopic (exact) mass is 301 g/mol. The minimum atomic E-state index is -0.867. The summed E-state index contributed by atoms with van der Waals surface area (Å²) in [6.45, 7) is 0. The van der Waals surface area contributed by atoms with Crippen LogP contribution in [0.2, 0.25) is 0 Å². The first-order valence-corrected chi connectivity index (χ1v) is 5.79. The van der Waals surface area contributed by atoms with Crippen LogP contribution in [0.4, 0.5) is 8.78 Å². The van der Waals surface area contributed by atoms with Gasteiger partial charge in [-0.05, 0) is 41.2 Å². The van der Waals surface area contributed by atoms with Crippen molar-refractivity contribution in [3.8, 4) is 0 Å². The maximum absolute atomic E-state index is 13.7. The summed E-state index contributed by atoms with van der Waals surface area (Å²) in [5.74, 6) is -1.21. The van der Waals surface area contributed by atoms with E-state index in [4.69, 9.17) is 4.42 Å². The van der Waals surface area contributed by atoms with Crippen molar-refractivity contribution in [2.24, 2.45) is 0 Å². The smallest absolute Gasteiger partial charge is 0.169 e. The van der Waals surface area contributed by atoms with Crippen molar-refractivity contribution in [1.82, 2.24) is 5.32 Å². The molecule has 0 fully saturated rings. The standard InChI is InChI=1S/C12H10BrF2NO/c1-16-12(9-5-6-10(13)17-9)7-3-2-4-8(14)11(7)15/h2-6,12,16H,1H3. The van der Waals surface area contributed by atoms with Gasteiger partial charge in [0.25, 0.3) is 0 Å². The molecule has 2 rings (SSSR count). The van der Waals surface area contributed by atoms with Gasteiger partial charge in [-0.3, -0.25) is 0 Å². The van der Waals surface area contributed by atoms with Crippen LogP contribution in [0.1, 0.15) is 17.4 Å². The van der Waals surface area contributed by atoms with Gasteiger partial charge in [0.2, 0.25) is 0 Å². The molecule has 0 aliphatic rings. The molecule has 0 amide bonds. The largest absolute Gasteiger partial charge is 0.452 e. The Balaban J connectivity index is 2.45. The van der Waals surface area contributed by atoms with Gasteiger partial charge in [-0.2, -0.15) is 0 Å². The highest BCUT2D eigenvalue weighted by Gasteiger charge is 2.21. The molecule has 17 heavy (non-hydrogen) atoms. The Morgan fingerprint density at radius 1 is 1.24 bits per heavy atom. The van der Waals surface area contributed by atoms with Crippen molar-refractivity contribution >= 4 is 15.9 Å². The average molecular weight is 302 g/mol. The highest BCUT2D eigenvalue weighted by Crippen LogP contribution is 2.28. The molecule has 0 radical (unpaired) electrons. The Labute approximate surface area is 106 Å².